The van der Waals surface area contributed by atoms with Crippen molar-refractivity contribution in [2.24, 2.45) is 0 Å². The predicted octanol–water partition coefficient (Wildman–Crippen LogP) is 3.10. The van der Waals surface area contributed by atoms with Crippen LogP contribution in [0, 0.1) is 0 Å². The lowest BCUT2D eigenvalue weighted by atomic mass is 10.1. The molecule has 0 fully saturated rings. The van der Waals surface area contributed by atoms with E-state index in [2.05, 4.69) is 0 Å². The molecule has 0 saturated heterocycles. The van der Waals surface area contributed by atoms with Crippen LogP contribution in [-0.4, -0.2) is 11.7 Å². The lowest BCUT2D eigenvalue weighted by Crippen LogP contribution is -2.06. The summed E-state index contributed by atoms with van der Waals surface area (Å²) in [6, 6.07) is 5.34. The van der Waals surface area contributed by atoms with E-state index in [0.29, 0.717) is 6.42 Å². The van der Waals surface area contributed by atoms with E-state index in [1.54, 1.807) is 6.07 Å². The molecule has 0 aliphatic carbocycles. The normalized spacial score (nSPS) is 12.3. The predicted molar refractivity (Wildman–Crippen MR) is 52.2 cm³/mol. The van der Waals surface area contributed by atoms with Crippen LogP contribution in [0.1, 0.15) is 17.5 Å². The molecule has 0 aromatic heterocycles. The number of aliphatic hydroxyl groups excluding tert-OH is 1. The molecule has 1 nitrogen and oxygen atoms in total. The zero-order valence-electron chi connectivity index (χ0n) is 7.96. The van der Waals surface area contributed by atoms with Crippen molar-refractivity contribution in [1.29, 1.82) is 0 Å². The molecule has 82 valence electrons. The Labute approximate surface area is 85.9 Å². The average Bonchev–Trinajstić information content (AvgIpc) is 2.17. The second kappa shape index (κ2) is 4.98. The summed E-state index contributed by atoms with van der Waals surface area (Å²) in [5, 5.41) is 8.50. The smallest absolute Gasteiger partial charge is 0.396 e. The second-order valence-corrected chi connectivity index (χ2v) is 3.00. The first kappa shape index (κ1) is 11.8. The average molecular weight is 216 g/mol. The van der Waals surface area contributed by atoms with Crippen molar-refractivity contribution in [3.05, 3.63) is 41.5 Å². The summed E-state index contributed by atoms with van der Waals surface area (Å²) >= 11 is 0. The van der Waals surface area contributed by atoms with E-state index in [1.165, 1.54) is 24.3 Å². The van der Waals surface area contributed by atoms with Crippen LogP contribution >= 0.6 is 0 Å². The van der Waals surface area contributed by atoms with Crippen LogP contribution in [0.15, 0.2) is 30.3 Å². The molecule has 0 amide bonds. The monoisotopic (exact) mass is 216 g/mol. The van der Waals surface area contributed by atoms with Crippen LogP contribution in [0.5, 0.6) is 0 Å². The first-order chi connectivity index (χ1) is 7.05. The van der Waals surface area contributed by atoms with Crippen LogP contribution in [0.4, 0.5) is 13.2 Å². The number of benzene rings is 1. The van der Waals surface area contributed by atoms with E-state index < -0.39 is 11.7 Å². The van der Waals surface area contributed by atoms with Crippen molar-refractivity contribution in [3.63, 3.8) is 0 Å². The fourth-order valence-corrected chi connectivity index (χ4v) is 1.19. The number of halogens is 3. The maximum absolute atomic E-state index is 12.5. The highest BCUT2D eigenvalue weighted by Gasteiger charge is 2.32. The lowest BCUT2D eigenvalue weighted by Gasteiger charge is -2.09. The van der Waals surface area contributed by atoms with Gasteiger partial charge in [-0.2, -0.15) is 13.2 Å². The molecular formula is C11H11F3O. The number of hydrogen-bond acceptors (Lipinski definition) is 1. The minimum Gasteiger partial charge on any atom is -0.396 e. The fourth-order valence-electron chi connectivity index (χ4n) is 1.19. The van der Waals surface area contributed by atoms with Crippen molar-refractivity contribution in [3.8, 4) is 0 Å². The molecular weight excluding hydrogens is 205 g/mol. The summed E-state index contributed by atoms with van der Waals surface area (Å²) in [7, 11) is 0. The molecule has 4 heteroatoms. The molecule has 1 N–H and O–H groups in total. The molecule has 0 aliphatic heterocycles. The number of alkyl halides is 3. The molecule has 0 spiro atoms. The Morgan fingerprint density at radius 2 is 1.87 bits per heavy atom. The van der Waals surface area contributed by atoms with Crippen LogP contribution in [0.25, 0.3) is 6.08 Å². The molecule has 0 bridgehead atoms. The van der Waals surface area contributed by atoms with Gasteiger partial charge in [-0.3, -0.25) is 0 Å². The van der Waals surface area contributed by atoms with E-state index in [1.807, 2.05) is 0 Å². The maximum atomic E-state index is 12.5. The molecule has 0 atom stereocenters. The van der Waals surface area contributed by atoms with E-state index in [4.69, 9.17) is 5.11 Å². The van der Waals surface area contributed by atoms with Gasteiger partial charge in [0.05, 0.1) is 5.56 Å². The van der Waals surface area contributed by atoms with Gasteiger partial charge >= 0.3 is 6.18 Å². The highest BCUT2D eigenvalue weighted by molar-refractivity contribution is 5.54. The molecule has 15 heavy (non-hydrogen) atoms. The minimum absolute atomic E-state index is 0.0648. The Kier molecular flexibility index (Phi) is 3.91. The molecule has 1 aromatic rings. The van der Waals surface area contributed by atoms with Crippen molar-refractivity contribution >= 4 is 6.08 Å². The lowest BCUT2D eigenvalue weighted by molar-refractivity contribution is -0.137. The van der Waals surface area contributed by atoms with Gasteiger partial charge < -0.3 is 5.11 Å². The van der Waals surface area contributed by atoms with Gasteiger partial charge in [0, 0.05) is 6.61 Å². The van der Waals surface area contributed by atoms with E-state index >= 15 is 0 Å². The minimum atomic E-state index is -4.33. The van der Waals surface area contributed by atoms with Crippen LogP contribution in [0.2, 0.25) is 0 Å². The van der Waals surface area contributed by atoms with Crippen molar-refractivity contribution in [2.75, 3.05) is 6.61 Å². The summed E-state index contributed by atoms with van der Waals surface area (Å²) in [5.74, 6) is 0. The zero-order chi connectivity index (χ0) is 11.3. The Morgan fingerprint density at radius 3 is 2.47 bits per heavy atom. The van der Waals surface area contributed by atoms with Crippen LogP contribution < -0.4 is 0 Å². The SMILES string of the molecule is OCC/C=C\c1ccccc1C(F)(F)F. The van der Waals surface area contributed by atoms with E-state index in [9.17, 15) is 13.2 Å². The highest BCUT2D eigenvalue weighted by Crippen LogP contribution is 2.32. The van der Waals surface area contributed by atoms with Crippen LogP contribution in [0.3, 0.4) is 0 Å². The van der Waals surface area contributed by atoms with Gasteiger partial charge in [0.25, 0.3) is 0 Å². The standard InChI is InChI=1S/C11H11F3O/c12-11(13,14)10-7-2-1-5-9(10)6-3-4-8-15/h1-3,5-7,15H,4,8H2/b6-3-. The van der Waals surface area contributed by atoms with Crippen molar-refractivity contribution in [1.82, 2.24) is 0 Å². The maximum Gasteiger partial charge on any atom is 0.416 e. The summed E-state index contributed by atoms with van der Waals surface area (Å²) in [5.41, 5.74) is -0.530. The van der Waals surface area contributed by atoms with Crippen molar-refractivity contribution in [2.45, 2.75) is 12.6 Å². The molecule has 0 radical (unpaired) electrons. The fraction of sp³-hybridized carbons (Fsp3) is 0.273. The third-order valence-electron chi connectivity index (χ3n) is 1.86. The molecule has 0 saturated carbocycles. The summed E-state index contributed by atoms with van der Waals surface area (Å²) in [4.78, 5) is 0. The molecule has 1 aromatic carbocycles. The quantitative estimate of drug-likeness (QED) is 0.823. The second-order valence-electron chi connectivity index (χ2n) is 3.00. The van der Waals surface area contributed by atoms with Gasteiger partial charge in [0.2, 0.25) is 0 Å². The molecule has 0 aliphatic rings. The third-order valence-corrected chi connectivity index (χ3v) is 1.86. The molecule has 1 rings (SSSR count). The van der Waals surface area contributed by atoms with Gasteiger partial charge in [-0.05, 0) is 18.1 Å². The topological polar surface area (TPSA) is 20.2 Å². The van der Waals surface area contributed by atoms with Gasteiger partial charge in [-0.1, -0.05) is 30.4 Å². The Hall–Kier alpha value is -1.29. The number of rotatable bonds is 3. The summed E-state index contributed by atoms with van der Waals surface area (Å²) in [6.07, 6.45) is -1.09. The highest BCUT2D eigenvalue weighted by atomic mass is 19.4. The van der Waals surface area contributed by atoms with E-state index in [0.717, 1.165) is 6.07 Å². The van der Waals surface area contributed by atoms with Gasteiger partial charge in [-0.25, -0.2) is 0 Å². The third kappa shape index (κ3) is 3.40. The van der Waals surface area contributed by atoms with E-state index in [-0.39, 0.29) is 12.2 Å². The van der Waals surface area contributed by atoms with Gasteiger partial charge in [0.15, 0.2) is 0 Å². The summed E-state index contributed by atoms with van der Waals surface area (Å²) < 4.78 is 37.4. The first-order valence-corrected chi connectivity index (χ1v) is 4.49. The van der Waals surface area contributed by atoms with Crippen molar-refractivity contribution < 1.29 is 18.3 Å². The number of aliphatic hydroxyl groups is 1. The van der Waals surface area contributed by atoms with Crippen LogP contribution in [-0.2, 0) is 6.18 Å². The Morgan fingerprint density at radius 1 is 1.20 bits per heavy atom. The van der Waals surface area contributed by atoms with Gasteiger partial charge in [-0.15, -0.1) is 0 Å². The number of hydrogen-bond donors (Lipinski definition) is 1. The Bertz CT molecular complexity index is 342. The van der Waals surface area contributed by atoms with Gasteiger partial charge in [0.1, 0.15) is 0 Å². The first-order valence-electron chi connectivity index (χ1n) is 4.49. The largest absolute Gasteiger partial charge is 0.416 e. The molecule has 0 unspecified atom stereocenters. The zero-order valence-corrected chi connectivity index (χ0v) is 7.96. The Balaban J connectivity index is 2.97. The molecule has 0 heterocycles. The summed E-state index contributed by atoms with van der Waals surface area (Å²) in [6.45, 7) is -0.0648.